The Morgan fingerprint density at radius 2 is 0.510 bits per heavy atom. The predicted octanol–water partition coefficient (Wildman–Crippen LogP) is 15.9. The summed E-state index contributed by atoms with van der Waals surface area (Å²) >= 11 is 0. The van der Waals surface area contributed by atoms with Crippen LogP contribution in [0, 0.1) is 69.8 Å². The molecule has 0 atom stereocenters. The van der Waals surface area contributed by atoms with Gasteiger partial charge in [-0.2, -0.15) is 0 Å². The first-order valence-corrected chi connectivity index (χ1v) is 31.7. The number of ether oxygens (including phenoxy) is 6. The van der Waals surface area contributed by atoms with Gasteiger partial charge in [-0.15, -0.1) is 0 Å². The first-order chi connectivity index (χ1) is 49.5. The van der Waals surface area contributed by atoms with Gasteiger partial charge in [-0.1, -0.05) is 72.8 Å². The number of hydrogen-bond donors (Lipinski definition) is 0. The molecule has 0 unspecified atom stereocenters. The summed E-state index contributed by atoms with van der Waals surface area (Å²) in [6.45, 7) is -2.48. The van der Waals surface area contributed by atoms with Gasteiger partial charge in [0.2, 0.25) is 0 Å². The van der Waals surface area contributed by atoms with Crippen LogP contribution in [0.4, 0.5) is 104 Å². The van der Waals surface area contributed by atoms with Crippen LogP contribution in [0.15, 0.2) is 218 Å². The van der Waals surface area contributed by atoms with Crippen LogP contribution in [0.3, 0.4) is 0 Å². The van der Waals surface area contributed by atoms with Crippen molar-refractivity contribution in [1.29, 1.82) is 0 Å². The molecule has 0 fully saturated rings. The van der Waals surface area contributed by atoms with Gasteiger partial charge in [-0.25, -0.2) is 52.7 Å². The fourth-order valence-corrected chi connectivity index (χ4v) is 15.0. The fourth-order valence-electron chi connectivity index (χ4n) is 15.0. The molecule has 6 aliphatic heterocycles. The average molecular weight is 1370 g/mol. The Labute approximate surface area is 570 Å². The Morgan fingerprint density at radius 1 is 0.206 bits per heavy atom. The highest BCUT2D eigenvalue weighted by Crippen LogP contribution is 2.51. The van der Waals surface area contributed by atoms with Gasteiger partial charge in [-0.05, 0) is 118 Å². The first-order valence-electron chi connectivity index (χ1n) is 31.7. The largest absolute Gasteiger partial charge is 0.458 e. The Balaban J connectivity index is 0.830. The van der Waals surface area contributed by atoms with Crippen LogP contribution in [-0.2, 0) is 0 Å². The summed E-state index contributed by atoms with van der Waals surface area (Å²) in [5, 5.41) is 0. The van der Waals surface area contributed by atoms with Crippen LogP contribution >= 0.6 is 0 Å². The van der Waals surface area contributed by atoms with E-state index in [9.17, 15) is 4.39 Å². The van der Waals surface area contributed by atoms with Crippen molar-refractivity contribution < 1.29 is 81.1 Å². The third-order valence-corrected chi connectivity index (χ3v) is 19.2. The molecular formula is C78H36B3F12N3O6. The van der Waals surface area contributed by atoms with Crippen molar-refractivity contribution in [1.82, 2.24) is 0 Å². The normalized spacial score (nSPS) is 13.1. The highest BCUT2D eigenvalue weighted by Gasteiger charge is 2.49. The van der Waals surface area contributed by atoms with Crippen molar-refractivity contribution in [2.24, 2.45) is 0 Å². The Kier molecular flexibility index (Phi) is 13.3. The van der Waals surface area contributed by atoms with Crippen LogP contribution in [-0.4, -0.2) is 20.1 Å². The van der Waals surface area contributed by atoms with Crippen LogP contribution in [0.2, 0.25) is 0 Å². The molecule has 13 aromatic carbocycles. The molecule has 0 N–H and O–H groups in total. The van der Waals surface area contributed by atoms with Crippen molar-refractivity contribution in [3.63, 3.8) is 0 Å². The highest BCUT2D eigenvalue weighted by molar-refractivity contribution is 7.02. The van der Waals surface area contributed by atoms with E-state index in [0.717, 1.165) is 118 Å². The minimum absolute atomic E-state index is 0.00275. The number of anilines is 9. The van der Waals surface area contributed by atoms with Crippen molar-refractivity contribution in [2.45, 2.75) is 0 Å². The third-order valence-electron chi connectivity index (χ3n) is 19.2. The van der Waals surface area contributed by atoms with Gasteiger partial charge >= 0.3 is 0 Å². The summed E-state index contributed by atoms with van der Waals surface area (Å²) in [6.07, 6.45) is 0. The van der Waals surface area contributed by atoms with E-state index in [4.69, 9.17) is 28.4 Å². The lowest BCUT2D eigenvalue weighted by molar-refractivity contribution is 0.448. The molecule has 24 heteroatoms. The van der Waals surface area contributed by atoms with E-state index in [1.165, 1.54) is 36.4 Å². The second-order valence-corrected chi connectivity index (χ2v) is 24.9. The van der Waals surface area contributed by atoms with E-state index in [-0.39, 0.29) is 80.2 Å². The SMILES string of the molecule is Fc1ccc(N(c2cc3c4c(c2)Oc2cc5c(cc2B4c2ccccc2O3)B2c3cc4c(cc3Oc3cc(N(c6c(F)cccc6F)c6c(F)cccc6F)cc(c32)O5)Oc2cc(N(c3c(F)cccc3F)c3c(F)cccc3F)cc3c2B4c2ccccc2O3)c2cc(F)ccc2F)c(F)c1. The lowest BCUT2D eigenvalue weighted by Crippen LogP contribution is -2.63. The molecular weight excluding hydrogens is 1340 g/mol. The predicted molar refractivity (Wildman–Crippen MR) is 363 cm³/mol. The van der Waals surface area contributed by atoms with E-state index in [1.54, 1.807) is 42.5 Å². The number of benzene rings is 13. The van der Waals surface area contributed by atoms with Gasteiger partial charge in [0.05, 0.1) is 28.4 Å². The van der Waals surface area contributed by atoms with Crippen molar-refractivity contribution in [3.8, 4) is 69.0 Å². The minimum atomic E-state index is -1.21. The summed E-state index contributed by atoms with van der Waals surface area (Å²) < 4.78 is 234. The average Bonchev–Trinajstić information content (AvgIpc) is 0.702. The van der Waals surface area contributed by atoms with Gasteiger partial charge < -0.3 is 33.3 Å². The summed E-state index contributed by atoms with van der Waals surface area (Å²) in [5.41, 5.74) is -0.107. The van der Waals surface area contributed by atoms with E-state index in [2.05, 4.69) is 0 Å². The van der Waals surface area contributed by atoms with Crippen molar-refractivity contribution in [2.75, 3.05) is 14.7 Å². The molecule has 9 nitrogen and oxygen atoms in total. The summed E-state index contributed by atoms with van der Waals surface area (Å²) in [7, 11) is 0. The molecule has 102 heavy (non-hydrogen) atoms. The lowest BCUT2D eigenvalue weighted by atomic mass is 9.30. The topological polar surface area (TPSA) is 65.1 Å². The number of para-hydroxylation sites is 6. The van der Waals surface area contributed by atoms with Crippen LogP contribution in [0.1, 0.15) is 0 Å². The van der Waals surface area contributed by atoms with E-state index < -0.39 is 118 Å². The molecule has 0 saturated heterocycles. The summed E-state index contributed by atoms with van der Waals surface area (Å²) in [5.74, 6) is -11.8. The van der Waals surface area contributed by atoms with Crippen LogP contribution < -0.4 is 92.3 Å². The Hall–Kier alpha value is -12.6. The van der Waals surface area contributed by atoms with Crippen LogP contribution in [0.25, 0.3) is 0 Å². The fraction of sp³-hybridized carbons (Fsp3) is 0. The highest BCUT2D eigenvalue weighted by atomic mass is 19.2. The number of hydrogen-bond acceptors (Lipinski definition) is 9. The van der Waals surface area contributed by atoms with E-state index in [1.807, 2.05) is 30.3 Å². The zero-order valence-corrected chi connectivity index (χ0v) is 51.8. The molecule has 6 aliphatic rings. The van der Waals surface area contributed by atoms with E-state index in [0.29, 0.717) is 66.7 Å². The standard InChI is InChI=1S/C78H36B3F12N3O6/c82-37-22-24-58(57(93)25-37)94(59-26-38(83)21-23-48(59)84)39-27-66-72-68(28-39)99-62-35-64-46(33-44(62)79(72)42-9-1-3-19-60(42)97-66)81-47-34-45-63(36-65(47)102-71-32-41(31-70(101-64)74(71)81)96(77-53(89)15-7-16-54(77)90)78-55(91)17-8-18-56(78)92)100-69-30-40(29-67-73(69)80(45)43-10-2-4-20-61(43)98-67)95(75-49(85)11-5-12-50(75)86)76-51(87)13-6-14-52(76)88/h1-36H. The van der Waals surface area contributed by atoms with E-state index >= 15 is 48.3 Å². The maximum absolute atomic E-state index is 16.5. The smallest absolute Gasteiger partial charge is 0.260 e. The molecule has 19 rings (SSSR count). The number of nitrogens with zero attached hydrogens (tertiary/aromatic N) is 3. The monoisotopic (exact) mass is 1370 g/mol. The Morgan fingerprint density at radius 3 is 0.863 bits per heavy atom. The second kappa shape index (κ2) is 22.5. The second-order valence-electron chi connectivity index (χ2n) is 24.9. The summed E-state index contributed by atoms with van der Waals surface area (Å²) in [6, 6.07) is 46.8. The van der Waals surface area contributed by atoms with Gasteiger partial charge in [0.15, 0.2) is 0 Å². The molecule has 0 aliphatic carbocycles. The number of fused-ring (bicyclic) bond motifs is 12. The zero-order valence-electron chi connectivity index (χ0n) is 51.8. The minimum Gasteiger partial charge on any atom is -0.458 e. The number of rotatable bonds is 9. The zero-order chi connectivity index (χ0) is 69.4. The van der Waals surface area contributed by atoms with Gasteiger partial charge in [0.25, 0.3) is 20.1 Å². The molecule has 0 spiro atoms. The summed E-state index contributed by atoms with van der Waals surface area (Å²) in [4.78, 5) is 2.56. The molecule has 0 amide bonds. The van der Waals surface area contributed by atoms with Crippen molar-refractivity contribution in [3.05, 3.63) is 288 Å². The molecule has 6 heterocycles. The maximum Gasteiger partial charge on any atom is 0.260 e. The van der Waals surface area contributed by atoms with Crippen molar-refractivity contribution >= 4 is 120 Å². The molecule has 0 saturated carbocycles. The molecule has 13 aromatic rings. The molecule has 492 valence electrons. The van der Waals surface area contributed by atoms with Gasteiger partial charge in [0, 0.05) is 77.1 Å². The number of halogens is 12. The Bertz CT molecular complexity index is 5710. The van der Waals surface area contributed by atoms with Crippen LogP contribution in [0.5, 0.6) is 69.0 Å². The maximum atomic E-state index is 16.5. The molecule has 0 radical (unpaired) electrons. The lowest BCUT2D eigenvalue weighted by Gasteiger charge is -2.39. The molecule has 0 aromatic heterocycles. The molecule has 0 bridgehead atoms. The van der Waals surface area contributed by atoms with Gasteiger partial charge in [-0.3, -0.25) is 9.80 Å². The van der Waals surface area contributed by atoms with Gasteiger partial charge in [0.1, 0.15) is 162 Å². The third kappa shape index (κ3) is 9.13. The first kappa shape index (κ1) is 60.6. The quantitative estimate of drug-likeness (QED) is 0.104.